The van der Waals surface area contributed by atoms with Gasteiger partial charge in [-0.2, -0.15) is 0 Å². The fraction of sp³-hybridized carbons (Fsp3) is 0.455. The van der Waals surface area contributed by atoms with Crippen molar-refractivity contribution in [3.8, 4) is 0 Å². The molecule has 1 atom stereocenters. The zero-order valence-electron chi connectivity index (χ0n) is 8.18. The van der Waals surface area contributed by atoms with E-state index in [0.717, 1.165) is 18.4 Å². The van der Waals surface area contributed by atoms with Crippen LogP contribution in [0.1, 0.15) is 18.9 Å². The first-order valence-electron chi connectivity index (χ1n) is 4.81. The van der Waals surface area contributed by atoms with Crippen LogP contribution in [0.5, 0.6) is 0 Å². The lowest BCUT2D eigenvalue weighted by molar-refractivity contribution is 0.211. The summed E-state index contributed by atoms with van der Waals surface area (Å²) in [5.74, 6) is -0.234. The van der Waals surface area contributed by atoms with E-state index < -0.39 is 0 Å². The molecule has 0 fully saturated rings. The summed E-state index contributed by atoms with van der Waals surface area (Å²) in [6.07, 6.45) is 1.65. The summed E-state index contributed by atoms with van der Waals surface area (Å²) < 4.78 is 13.4. The quantitative estimate of drug-likeness (QED) is 0.717. The highest BCUT2D eigenvalue weighted by atomic mass is 19.1. The minimum Gasteiger partial charge on any atom is -0.394 e. The summed E-state index contributed by atoms with van der Waals surface area (Å²) in [4.78, 5) is 0. The zero-order valence-corrected chi connectivity index (χ0v) is 8.18. The number of halogens is 1. The fourth-order valence-corrected chi connectivity index (χ4v) is 1.81. The Morgan fingerprint density at radius 3 is 3.07 bits per heavy atom. The zero-order chi connectivity index (χ0) is 10.2. The smallest absolute Gasteiger partial charge is 0.146 e. The molecular formula is C11H14FNO. The van der Waals surface area contributed by atoms with E-state index in [-0.39, 0.29) is 18.0 Å². The third kappa shape index (κ3) is 1.48. The van der Waals surface area contributed by atoms with Gasteiger partial charge in [-0.1, -0.05) is 12.1 Å². The largest absolute Gasteiger partial charge is 0.394 e. The maximum atomic E-state index is 13.4. The Bertz CT molecular complexity index is 353. The van der Waals surface area contributed by atoms with E-state index in [1.54, 1.807) is 6.07 Å². The van der Waals surface area contributed by atoms with E-state index in [2.05, 4.69) is 5.32 Å². The molecule has 0 amide bonds. The van der Waals surface area contributed by atoms with Crippen LogP contribution >= 0.6 is 0 Å². The Labute approximate surface area is 82.8 Å². The molecule has 1 aromatic carbocycles. The van der Waals surface area contributed by atoms with E-state index in [1.807, 2.05) is 13.0 Å². The van der Waals surface area contributed by atoms with E-state index >= 15 is 0 Å². The number of aliphatic hydroxyl groups is 1. The van der Waals surface area contributed by atoms with E-state index in [1.165, 1.54) is 6.07 Å². The van der Waals surface area contributed by atoms with Gasteiger partial charge in [0.15, 0.2) is 0 Å². The Morgan fingerprint density at radius 2 is 2.36 bits per heavy atom. The molecule has 0 bridgehead atoms. The van der Waals surface area contributed by atoms with Crippen molar-refractivity contribution >= 4 is 5.69 Å². The van der Waals surface area contributed by atoms with Gasteiger partial charge in [0.25, 0.3) is 0 Å². The maximum Gasteiger partial charge on any atom is 0.146 e. The minimum absolute atomic E-state index is 0.0285. The monoisotopic (exact) mass is 195 g/mol. The minimum atomic E-state index is -0.380. The number of anilines is 1. The molecule has 2 N–H and O–H groups in total. The molecule has 2 nitrogen and oxygen atoms in total. The van der Waals surface area contributed by atoms with Crippen LogP contribution in [0, 0.1) is 5.82 Å². The summed E-state index contributed by atoms with van der Waals surface area (Å²) in [7, 11) is 0. The summed E-state index contributed by atoms with van der Waals surface area (Å²) in [6.45, 7) is 1.93. The van der Waals surface area contributed by atoms with Crippen LogP contribution < -0.4 is 5.32 Å². The second kappa shape index (κ2) is 3.24. The van der Waals surface area contributed by atoms with E-state index in [4.69, 9.17) is 0 Å². The molecule has 1 heterocycles. The Balaban J connectivity index is 2.38. The highest BCUT2D eigenvalue weighted by Crippen LogP contribution is 2.32. The van der Waals surface area contributed by atoms with Crippen LogP contribution in [0.15, 0.2) is 18.2 Å². The molecule has 76 valence electrons. The average molecular weight is 195 g/mol. The highest BCUT2D eigenvalue weighted by Gasteiger charge is 2.29. The van der Waals surface area contributed by atoms with Gasteiger partial charge >= 0.3 is 0 Å². The molecule has 14 heavy (non-hydrogen) atoms. The Kier molecular flexibility index (Phi) is 2.19. The molecule has 0 radical (unpaired) electrons. The number of benzene rings is 1. The van der Waals surface area contributed by atoms with Gasteiger partial charge in [-0.15, -0.1) is 0 Å². The number of fused-ring (bicyclic) bond motifs is 1. The summed E-state index contributed by atoms with van der Waals surface area (Å²) >= 11 is 0. The number of para-hydroxylation sites is 1. The first-order valence-corrected chi connectivity index (χ1v) is 4.81. The topological polar surface area (TPSA) is 32.3 Å². The second-order valence-corrected chi connectivity index (χ2v) is 4.12. The molecule has 3 heteroatoms. The van der Waals surface area contributed by atoms with Crippen molar-refractivity contribution in [2.24, 2.45) is 0 Å². The molecule has 1 aromatic rings. The third-order valence-corrected chi connectivity index (χ3v) is 2.82. The highest BCUT2D eigenvalue weighted by molar-refractivity contribution is 5.56. The maximum absolute atomic E-state index is 13.4. The van der Waals surface area contributed by atoms with Crippen molar-refractivity contribution in [2.75, 3.05) is 11.9 Å². The van der Waals surface area contributed by atoms with Gasteiger partial charge in [0.1, 0.15) is 5.82 Å². The fourth-order valence-electron chi connectivity index (χ4n) is 1.81. The van der Waals surface area contributed by atoms with Crippen LogP contribution in [-0.4, -0.2) is 17.3 Å². The van der Waals surface area contributed by atoms with Gasteiger partial charge in [-0.05, 0) is 31.4 Å². The number of aryl methyl sites for hydroxylation is 1. The molecule has 1 unspecified atom stereocenters. The predicted molar refractivity (Wildman–Crippen MR) is 53.8 cm³/mol. The SMILES string of the molecule is CC1(CO)CCc2cccc(F)c2N1. The molecule has 0 aromatic heterocycles. The molecule has 0 saturated carbocycles. The van der Waals surface area contributed by atoms with Crippen molar-refractivity contribution in [2.45, 2.75) is 25.3 Å². The number of rotatable bonds is 1. The third-order valence-electron chi connectivity index (χ3n) is 2.82. The van der Waals surface area contributed by atoms with Crippen LogP contribution in [0.3, 0.4) is 0 Å². The van der Waals surface area contributed by atoms with Crippen molar-refractivity contribution in [3.63, 3.8) is 0 Å². The second-order valence-electron chi connectivity index (χ2n) is 4.12. The summed E-state index contributed by atoms with van der Waals surface area (Å²) in [5, 5.41) is 12.2. The first kappa shape index (κ1) is 9.46. The molecule has 0 saturated heterocycles. The summed E-state index contributed by atoms with van der Waals surface area (Å²) in [5.41, 5.74) is 1.17. The van der Waals surface area contributed by atoms with Crippen LogP contribution in [0.4, 0.5) is 10.1 Å². The van der Waals surface area contributed by atoms with Gasteiger partial charge in [0, 0.05) is 0 Å². The lowest BCUT2D eigenvalue weighted by atomic mass is 9.88. The van der Waals surface area contributed by atoms with Gasteiger partial charge in [-0.25, -0.2) is 4.39 Å². The number of aliphatic hydroxyl groups excluding tert-OH is 1. The number of hydrogen-bond acceptors (Lipinski definition) is 2. The van der Waals surface area contributed by atoms with Gasteiger partial charge in [0.05, 0.1) is 17.8 Å². The average Bonchev–Trinajstić information content (AvgIpc) is 2.20. The van der Waals surface area contributed by atoms with Gasteiger partial charge < -0.3 is 10.4 Å². The van der Waals surface area contributed by atoms with E-state index in [9.17, 15) is 9.50 Å². The lowest BCUT2D eigenvalue weighted by Gasteiger charge is -2.35. The first-order chi connectivity index (χ1) is 6.64. The number of nitrogens with one attached hydrogen (secondary N) is 1. The van der Waals surface area contributed by atoms with Gasteiger partial charge in [-0.3, -0.25) is 0 Å². The normalized spacial score (nSPS) is 25.4. The van der Waals surface area contributed by atoms with Crippen molar-refractivity contribution < 1.29 is 9.50 Å². The Hall–Kier alpha value is -1.09. The Morgan fingerprint density at radius 1 is 1.57 bits per heavy atom. The van der Waals surface area contributed by atoms with Crippen LogP contribution in [-0.2, 0) is 6.42 Å². The molecule has 1 aliphatic heterocycles. The summed E-state index contributed by atoms with van der Waals surface area (Å²) in [6, 6.07) is 5.08. The van der Waals surface area contributed by atoms with E-state index in [0.29, 0.717) is 5.69 Å². The molecule has 2 rings (SSSR count). The predicted octanol–water partition coefficient (Wildman–Crippen LogP) is 1.93. The number of hydrogen-bond donors (Lipinski definition) is 2. The molecule has 1 aliphatic rings. The standard InChI is InChI=1S/C11H14FNO/c1-11(7-14)6-5-8-3-2-4-9(12)10(8)13-11/h2-4,13-14H,5-7H2,1H3. The molecular weight excluding hydrogens is 181 g/mol. The van der Waals surface area contributed by atoms with Crippen LogP contribution in [0.25, 0.3) is 0 Å². The molecule has 0 aliphatic carbocycles. The van der Waals surface area contributed by atoms with Gasteiger partial charge in [0.2, 0.25) is 0 Å². The van der Waals surface area contributed by atoms with Crippen molar-refractivity contribution in [3.05, 3.63) is 29.6 Å². The lowest BCUT2D eigenvalue weighted by Crippen LogP contribution is -2.42. The molecule has 0 spiro atoms. The van der Waals surface area contributed by atoms with Crippen molar-refractivity contribution in [1.29, 1.82) is 0 Å². The van der Waals surface area contributed by atoms with Crippen LogP contribution in [0.2, 0.25) is 0 Å². The van der Waals surface area contributed by atoms with Crippen molar-refractivity contribution in [1.82, 2.24) is 0 Å².